The van der Waals surface area contributed by atoms with Crippen LogP contribution in [0, 0.1) is 5.82 Å². The Kier molecular flexibility index (Phi) is 3.88. The lowest BCUT2D eigenvalue weighted by Crippen LogP contribution is -2.15. The number of nitrogens with two attached hydrogens (primary N) is 1. The van der Waals surface area contributed by atoms with Crippen molar-refractivity contribution in [3.63, 3.8) is 0 Å². The van der Waals surface area contributed by atoms with Gasteiger partial charge in [0.15, 0.2) is 0 Å². The zero-order valence-corrected chi connectivity index (χ0v) is 9.14. The van der Waals surface area contributed by atoms with Crippen LogP contribution in [-0.4, -0.2) is 6.04 Å². The molecule has 0 saturated carbocycles. The molecule has 0 aliphatic rings. The molecule has 0 radical (unpaired) electrons. The van der Waals surface area contributed by atoms with E-state index in [-0.39, 0.29) is 11.9 Å². The molecule has 0 fully saturated rings. The lowest BCUT2D eigenvalue weighted by Gasteiger charge is -2.06. The molecule has 0 aliphatic carbocycles. The van der Waals surface area contributed by atoms with E-state index in [4.69, 9.17) is 5.73 Å². The van der Waals surface area contributed by atoms with Gasteiger partial charge in [0.2, 0.25) is 0 Å². The maximum atomic E-state index is 13.2. The van der Waals surface area contributed by atoms with Gasteiger partial charge in [-0.2, -0.15) is 0 Å². The topological polar surface area (TPSA) is 26.0 Å². The Balaban J connectivity index is 2.70. The molecule has 0 aliphatic heterocycles. The summed E-state index contributed by atoms with van der Waals surface area (Å²) in [7, 11) is 0. The molecule has 1 nitrogen and oxygen atoms in total. The van der Waals surface area contributed by atoms with E-state index in [1.165, 1.54) is 6.07 Å². The minimum atomic E-state index is -0.149. The maximum absolute atomic E-state index is 13.2. The van der Waals surface area contributed by atoms with Crippen LogP contribution < -0.4 is 5.73 Å². The van der Waals surface area contributed by atoms with Crippen molar-refractivity contribution in [3.05, 3.63) is 34.1 Å². The standard InChI is InChI=1S/C10H13BrFN/c1-7(13)2-3-8-6-9(11)4-5-10(8)12/h4-7H,2-3,13H2,1H3/t7-/m1/s1. The minimum absolute atomic E-state index is 0.124. The molecule has 0 amide bonds. The van der Waals surface area contributed by atoms with Crippen LogP contribution in [0.1, 0.15) is 18.9 Å². The van der Waals surface area contributed by atoms with Crippen molar-refractivity contribution in [2.75, 3.05) is 0 Å². The van der Waals surface area contributed by atoms with Gasteiger partial charge < -0.3 is 5.73 Å². The van der Waals surface area contributed by atoms with Gasteiger partial charge in [-0.1, -0.05) is 15.9 Å². The molecule has 0 bridgehead atoms. The average Bonchev–Trinajstić information content (AvgIpc) is 2.06. The van der Waals surface area contributed by atoms with Gasteiger partial charge in [0.25, 0.3) is 0 Å². The summed E-state index contributed by atoms with van der Waals surface area (Å²) in [6, 6.07) is 5.10. The highest BCUT2D eigenvalue weighted by atomic mass is 79.9. The first-order chi connectivity index (χ1) is 6.09. The maximum Gasteiger partial charge on any atom is 0.126 e. The van der Waals surface area contributed by atoms with Crippen LogP contribution in [0.5, 0.6) is 0 Å². The lowest BCUT2D eigenvalue weighted by atomic mass is 10.1. The van der Waals surface area contributed by atoms with Crippen LogP contribution in [0.4, 0.5) is 4.39 Å². The first kappa shape index (κ1) is 10.7. The van der Waals surface area contributed by atoms with Crippen molar-refractivity contribution < 1.29 is 4.39 Å². The highest BCUT2D eigenvalue weighted by Gasteiger charge is 2.03. The lowest BCUT2D eigenvalue weighted by molar-refractivity contribution is 0.590. The van der Waals surface area contributed by atoms with Crippen LogP contribution >= 0.6 is 15.9 Å². The number of hydrogen-bond acceptors (Lipinski definition) is 1. The predicted molar refractivity (Wildman–Crippen MR) is 56.1 cm³/mol. The average molecular weight is 246 g/mol. The molecule has 0 spiro atoms. The second-order valence-electron chi connectivity index (χ2n) is 3.25. The van der Waals surface area contributed by atoms with Crippen LogP contribution in [0.2, 0.25) is 0 Å². The molecule has 1 rings (SSSR count). The van der Waals surface area contributed by atoms with E-state index in [1.807, 2.05) is 6.92 Å². The molecule has 0 aromatic heterocycles. The summed E-state index contributed by atoms with van der Waals surface area (Å²) in [6.45, 7) is 1.93. The second kappa shape index (κ2) is 4.72. The minimum Gasteiger partial charge on any atom is -0.328 e. The Hall–Kier alpha value is -0.410. The third kappa shape index (κ3) is 3.44. The van der Waals surface area contributed by atoms with Crippen LogP contribution in [0.25, 0.3) is 0 Å². The van der Waals surface area contributed by atoms with E-state index >= 15 is 0 Å². The Labute approximate surface area is 86.3 Å². The Morgan fingerprint density at radius 2 is 2.23 bits per heavy atom. The van der Waals surface area contributed by atoms with Gasteiger partial charge in [0, 0.05) is 10.5 Å². The van der Waals surface area contributed by atoms with Crippen molar-refractivity contribution in [3.8, 4) is 0 Å². The highest BCUT2D eigenvalue weighted by molar-refractivity contribution is 9.10. The van der Waals surface area contributed by atoms with E-state index in [0.717, 1.165) is 16.5 Å². The van der Waals surface area contributed by atoms with E-state index in [0.29, 0.717) is 6.42 Å². The van der Waals surface area contributed by atoms with Crippen molar-refractivity contribution >= 4 is 15.9 Å². The monoisotopic (exact) mass is 245 g/mol. The zero-order chi connectivity index (χ0) is 9.84. The van der Waals surface area contributed by atoms with Crippen LogP contribution in [0.15, 0.2) is 22.7 Å². The molecule has 0 saturated heterocycles. The fourth-order valence-electron chi connectivity index (χ4n) is 1.12. The number of aryl methyl sites for hydroxylation is 1. The second-order valence-corrected chi connectivity index (χ2v) is 4.17. The Bertz CT molecular complexity index is 286. The number of rotatable bonds is 3. The molecular weight excluding hydrogens is 233 g/mol. The summed E-state index contributed by atoms with van der Waals surface area (Å²) in [4.78, 5) is 0. The smallest absolute Gasteiger partial charge is 0.126 e. The van der Waals surface area contributed by atoms with Gasteiger partial charge >= 0.3 is 0 Å². The third-order valence-corrected chi connectivity index (χ3v) is 2.37. The van der Waals surface area contributed by atoms with Gasteiger partial charge in [0.05, 0.1) is 0 Å². The first-order valence-electron chi connectivity index (χ1n) is 4.29. The van der Waals surface area contributed by atoms with Gasteiger partial charge in [-0.3, -0.25) is 0 Å². The Morgan fingerprint density at radius 1 is 1.54 bits per heavy atom. The van der Waals surface area contributed by atoms with Crippen molar-refractivity contribution in [1.82, 2.24) is 0 Å². The SMILES string of the molecule is C[C@@H](N)CCc1cc(Br)ccc1F. The van der Waals surface area contributed by atoms with Crippen molar-refractivity contribution in [2.24, 2.45) is 5.73 Å². The summed E-state index contributed by atoms with van der Waals surface area (Å²) in [6.07, 6.45) is 1.51. The summed E-state index contributed by atoms with van der Waals surface area (Å²) in [5.41, 5.74) is 6.32. The van der Waals surface area contributed by atoms with E-state index in [1.54, 1.807) is 12.1 Å². The Morgan fingerprint density at radius 3 is 2.85 bits per heavy atom. The quantitative estimate of drug-likeness (QED) is 0.871. The highest BCUT2D eigenvalue weighted by Crippen LogP contribution is 2.17. The van der Waals surface area contributed by atoms with Crippen LogP contribution in [-0.2, 0) is 6.42 Å². The summed E-state index contributed by atoms with van der Waals surface area (Å²) in [5.74, 6) is -0.149. The molecule has 3 heteroatoms. The largest absolute Gasteiger partial charge is 0.328 e. The van der Waals surface area contributed by atoms with Crippen LogP contribution in [0.3, 0.4) is 0 Å². The fourth-order valence-corrected chi connectivity index (χ4v) is 1.53. The van der Waals surface area contributed by atoms with E-state index in [2.05, 4.69) is 15.9 Å². The van der Waals surface area contributed by atoms with E-state index < -0.39 is 0 Å². The van der Waals surface area contributed by atoms with Gasteiger partial charge in [0.1, 0.15) is 5.82 Å². The number of benzene rings is 1. The number of halogens is 2. The molecule has 0 unspecified atom stereocenters. The first-order valence-corrected chi connectivity index (χ1v) is 5.08. The molecular formula is C10H13BrFN. The molecule has 1 aromatic rings. The fraction of sp³-hybridized carbons (Fsp3) is 0.400. The van der Waals surface area contributed by atoms with E-state index in [9.17, 15) is 4.39 Å². The predicted octanol–water partition coefficient (Wildman–Crippen LogP) is 2.87. The van der Waals surface area contributed by atoms with Gasteiger partial charge in [-0.25, -0.2) is 4.39 Å². The molecule has 72 valence electrons. The third-order valence-electron chi connectivity index (χ3n) is 1.88. The normalized spacial score (nSPS) is 12.9. The molecule has 2 N–H and O–H groups in total. The summed E-state index contributed by atoms with van der Waals surface area (Å²) >= 11 is 3.31. The van der Waals surface area contributed by atoms with Crippen molar-refractivity contribution in [1.29, 1.82) is 0 Å². The molecule has 0 heterocycles. The number of hydrogen-bond donors (Lipinski definition) is 1. The van der Waals surface area contributed by atoms with Gasteiger partial charge in [-0.15, -0.1) is 0 Å². The summed E-state index contributed by atoms with van der Waals surface area (Å²) in [5, 5.41) is 0. The molecule has 1 atom stereocenters. The summed E-state index contributed by atoms with van der Waals surface area (Å²) < 4.78 is 14.1. The zero-order valence-electron chi connectivity index (χ0n) is 7.56. The van der Waals surface area contributed by atoms with Crippen molar-refractivity contribution in [2.45, 2.75) is 25.8 Å². The molecule has 13 heavy (non-hydrogen) atoms. The molecule has 1 aromatic carbocycles. The van der Waals surface area contributed by atoms with Gasteiger partial charge in [-0.05, 0) is 43.5 Å².